The van der Waals surface area contributed by atoms with Crippen LogP contribution in [0.5, 0.6) is 17.2 Å². The molecule has 3 rings (SSSR count). The Morgan fingerprint density at radius 1 is 1.00 bits per heavy atom. The maximum Gasteiger partial charge on any atom is 0.295 e. The number of methoxy groups -OCH3 is 3. The molecule has 2 aromatic carbocycles. The third-order valence-electron chi connectivity index (χ3n) is 5.72. The summed E-state index contributed by atoms with van der Waals surface area (Å²) in [4.78, 5) is 27.6. The van der Waals surface area contributed by atoms with Gasteiger partial charge in [0.2, 0.25) is 0 Å². The molecule has 1 fully saturated rings. The summed E-state index contributed by atoms with van der Waals surface area (Å²) in [6.45, 7) is 5.40. The molecule has 0 spiro atoms. The minimum atomic E-state index is -0.788. The van der Waals surface area contributed by atoms with E-state index in [0.29, 0.717) is 53.9 Å². The number of ether oxygens (including phenoxy) is 4. The van der Waals surface area contributed by atoms with Crippen LogP contribution >= 0.6 is 0 Å². The molecule has 0 aromatic heterocycles. The van der Waals surface area contributed by atoms with Crippen LogP contribution in [0.15, 0.2) is 48.0 Å². The number of Topliss-reactive ketones (excluding diaryl/α,β-unsaturated/α-hetero) is 1. The average Bonchev–Trinajstić information content (AvgIpc) is 3.12. The maximum atomic E-state index is 13.1. The Labute approximate surface area is 206 Å². The second-order valence-corrected chi connectivity index (χ2v) is 8.68. The van der Waals surface area contributed by atoms with Gasteiger partial charge in [-0.3, -0.25) is 9.59 Å². The number of carbonyl (C=O) groups excluding carboxylic acids is 2. The SMILES string of the molecule is COCCCN1C(=O)C(=O)/C(=C(\O)c2ccc(OCC(C)C)cc2)C1c1ccc(OC)c(OC)c1. The van der Waals surface area contributed by atoms with Crippen LogP contribution in [0, 0.1) is 5.92 Å². The first kappa shape index (κ1) is 26.1. The average molecular weight is 484 g/mol. The lowest BCUT2D eigenvalue weighted by molar-refractivity contribution is -0.140. The highest BCUT2D eigenvalue weighted by Gasteiger charge is 2.46. The van der Waals surface area contributed by atoms with Crippen LogP contribution in [0.4, 0.5) is 0 Å². The van der Waals surface area contributed by atoms with Crippen LogP contribution in [0.3, 0.4) is 0 Å². The highest BCUT2D eigenvalue weighted by Crippen LogP contribution is 2.42. The van der Waals surface area contributed by atoms with Crippen LogP contribution in [0.1, 0.15) is 37.4 Å². The van der Waals surface area contributed by atoms with Gasteiger partial charge in [-0.25, -0.2) is 0 Å². The lowest BCUT2D eigenvalue weighted by atomic mass is 9.95. The van der Waals surface area contributed by atoms with Crippen molar-refractivity contribution < 1.29 is 33.6 Å². The van der Waals surface area contributed by atoms with Crippen LogP contribution in [-0.4, -0.2) is 62.8 Å². The quantitative estimate of drug-likeness (QED) is 0.222. The molecule has 1 aliphatic rings. The second-order valence-electron chi connectivity index (χ2n) is 8.68. The van der Waals surface area contributed by atoms with Crippen molar-refractivity contribution in [1.82, 2.24) is 4.90 Å². The fourth-order valence-corrected chi connectivity index (χ4v) is 3.99. The molecular weight excluding hydrogens is 450 g/mol. The summed E-state index contributed by atoms with van der Waals surface area (Å²) in [5.74, 6) is 0.362. The van der Waals surface area contributed by atoms with Gasteiger partial charge in [0.15, 0.2) is 11.5 Å². The number of carbonyl (C=O) groups is 2. The summed E-state index contributed by atoms with van der Waals surface area (Å²) in [7, 11) is 4.62. The molecule has 1 amide bonds. The van der Waals surface area contributed by atoms with E-state index in [9.17, 15) is 14.7 Å². The van der Waals surface area contributed by atoms with E-state index in [4.69, 9.17) is 18.9 Å². The first-order valence-electron chi connectivity index (χ1n) is 11.5. The molecule has 0 radical (unpaired) electrons. The third kappa shape index (κ3) is 5.77. The monoisotopic (exact) mass is 483 g/mol. The third-order valence-corrected chi connectivity index (χ3v) is 5.72. The van der Waals surface area contributed by atoms with Crippen molar-refractivity contribution in [3.8, 4) is 17.2 Å². The van der Waals surface area contributed by atoms with Gasteiger partial charge >= 0.3 is 0 Å². The van der Waals surface area contributed by atoms with E-state index in [1.807, 2.05) is 0 Å². The molecule has 1 aliphatic heterocycles. The fourth-order valence-electron chi connectivity index (χ4n) is 3.99. The van der Waals surface area contributed by atoms with Crippen molar-refractivity contribution in [1.29, 1.82) is 0 Å². The van der Waals surface area contributed by atoms with E-state index >= 15 is 0 Å². The number of likely N-dealkylation sites (tertiary alicyclic amines) is 1. The Kier molecular flexibility index (Phi) is 8.76. The number of nitrogens with zero attached hydrogens (tertiary/aromatic N) is 1. The summed E-state index contributed by atoms with van der Waals surface area (Å²) < 4.78 is 21.6. The summed E-state index contributed by atoms with van der Waals surface area (Å²) in [6, 6.07) is 11.2. The van der Waals surface area contributed by atoms with Gasteiger partial charge < -0.3 is 29.0 Å². The van der Waals surface area contributed by atoms with Crippen LogP contribution < -0.4 is 14.2 Å². The highest BCUT2D eigenvalue weighted by atomic mass is 16.5. The molecule has 1 N–H and O–H groups in total. The Hall–Kier alpha value is -3.52. The second kappa shape index (κ2) is 11.8. The zero-order valence-electron chi connectivity index (χ0n) is 20.9. The van der Waals surface area contributed by atoms with E-state index in [-0.39, 0.29) is 17.9 Å². The minimum absolute atomic E-state index is 0.0236. The lowest BCUT2D eigenvalue weighted by Crippen LogP contribution is -2.31. The number of amides is 1. The molecule has 35 heavy (non-hydrogen) atoms. The van der Waals surface area contributed by atoms with E-state index in [2.05, 4.69) is 13.8 Å². The number of rotatable bonds is 11. The van der Waals surface area contributed by atoms with Crippen molar-refractivity contribution >= 4 is 17.4 Å². The van der Waals surface area contributed by atoms with Gasteiger partial charge in [0.1, 0.15) is 11.5 Å². The lowest BCUT2D eigenvalue weighted by Gasteiger charge is -2.26. The predicted octanol–water partition coefficient (Wildman–Crippen LogP) is 4.20. The molecule has 1 saturated heterocycles. The predicted molar refractivity (Wildman–Crippen MR) is 132 cm³/mol. The van der Waals surface area contributed by atoms with Crippen LogP contribution in [-0.2, 0) is 14.3 Å². The minimum Gasteiger partial charge on any atom is -0.507 e. The van der Waals surface area contributed by atoms with E-state index in [0.717, 1.165) is 0 Å². The molecule has 1 heterocycles. The number of aliphatic hydroxyl groups excluding tert-OH is 1. The summed E-state index contributed by atoms with van der Waals surface area (Å²) >= 11 is 0. The molecule has 1 unspecified atom stereocenters. The Morgan fingerprint density at radius 2 is 1.69 bits per heavy atom. The van der Waals surface area contributed by atoms with Gasteiger partial charge in [-0.2, -0.15) is 0 Å². The van der Waals surface area contributed by atoms with Gasteiger partial charge in [-0.05, 0) is 54.3 Å². The number of ketones is 1. The Balaban J connectivity index is 2.06. The fraction of sp³-hybridized carbons (Fsp3) is 0.407. The van der Waals surface area contributed by atoms with Gasteiger partial charge in [-0.1, -0.05) is 19.9 Å². The van der Waals surface area contributed by atoms with Crippen molar-refractivity contribution in [3.05, 3.63) is 59.2 Å². The maximum absolute atomic E-state index is 13.1. The smallest absolute Gasteiger partial charge is 0.295 e. The highest BCUT2D eigenvalue weighted by molar-refractivity contribution is 6.46. The van der Waals surface area contributed by atoms with E-state index in [1.165, 1.54) is 19.1 Å². The van der Waals surface area contributed by atoms with E-state index in [1.54, 1.807) is 49.6 Å². The Morgan fingerprint density at radius 3 is 2.29 bits per heavy atom. The summed E-state index contributed by atoms with van der Waals surface area (Å²) in [6.07, 6.45) is 0.537. The zero-order valence-corrected chi connectivity index (χ0v) is 20.9. The molecule has 0 saturated carbocycles. The molecule has 8 heteroatoms. The number of hydrogen-bond acceptors (Lipinski definition) is 7. The van der Waals surface area contributed by atoms with Gasteiger partial charge in [0.25, 0.3) is 11.7 Å². The largest absolute Gasteiger partial charge is 0.507 e. The summed E-state index contributed by atoms with van der Waals surface area (Å²) in [5, 5.41) is 11.2. The van der Waals surface area contributed by atoms with E-state index < -0.39 is 17.7 Å². The first-order chi connectivity index (χ1) is 16.8. The number of benzene rings is 2. The molecule has 0 bridgehead atoms. The normalized spacial score (nSPS) is 17.2. The van der Waals surface area contributed by atoms with Crippen molar-refractivity contribution in [2.45, 2.75) is 26.3 Å². The van der Waals surface area contributed by atoms with Gasteiger partial charge in [0.05, 0.1) is 32.4 Å². The van der Waals surface area contributed by atoms with Crippen molar-refractivity contribution in [2.24, 2.45) is 5.92 Å². The van der Waals surface area contributed by atoms with Gasteiger partial charge in [-0.15, -0.1) is 0 Å². The van der Waals surface area contributed by atoms with Crippen molar-refractivity contribution in [2.75, 3.05) is 41.1 Å². The summed E-state index contributed by atoms with van der Waals surface area (Å²) in [5.41, 5.74) is 1.07. The molecule has 188 valence electrons. The topological polar surface area (TPSA) is 94.5 Å². The van der Waals surface area contributed by atoms with Crippen LogP contribution in [0.2, 0.25) is 0 Å². The molecule has 8 nitrogen and oxygen atoms in total. The first-order valence-corrected chi connectivity index (χ1v) is 11.5. The van der Waals surface area contributed by atoms with Crippen LogP contribution in [0.25, 0.3) is 5.76 Å². The standard InChI is InChI=1S/C27H33NO7/c1-17(2)16-35-20-10-7-18(8-11-20)25(29)23-24(19-9-12-21(33-4)22(15-19)34-5)28(13-6-14-32-3)27(31)26(23)30/h7-12,15,17,24,29H,6,13-14,16H2,1-5H3/b25-23-. The number of hydrogen-bond donors (Lipinski definition) is 1. The molecule has 0 aliphatic carbocycles. The number of aliphatic hydroxyl groups is 1. The molecule has 2 aromatic rings. The molecule has 1 atom stereocenters. The van der Waals surface area contributed by atoms with Gasteiger partial charge in [0, 0.05) is 25.8 Å². The zero-order chi connectivity index (χ0) is 25.5. The Bertz CT molecular complexity index is 1080. The van der Waals surface area contributed by atoms with Crippen molar-refractivity contribution in [3.63, 3.8) is 0 Å². The molecular formula is C27H33NO7.